The zero-order chi connectivity index (χ0) is 11.1. The molecule has 0 bridgehead atoms. The van der Waals surface area contributed by atoms with Crippen LogP contribution in [0.2, 0.25) is 0 Å². The highest BCUT2D eigenvalue weighted by Gasteiger charge is 2.18. The molecule has 0 radical (unpaired) electrons. The first-order valence-corrected chi connectivity index (χ1v) is 5.09. The van der Waals surface area contributed by atoms with Crippen molar-refractivity contribution in [3.63, 3.8) is 0 Å². The van der Waals surface area contributed by atoms with E-state index in [-0.39, 0.29) is 5.54 Å². The van der Waals surface area contributed by atoms with Gasteiger partial charge in [-0.15, -0.1) is 0 Å². The van der Waals surface area contributed by atoms with Crippen molar-refractivity contribution in [2.24, 2.45) is 0 Å². The summed E-state index contributed by atoms with van der Waals surface area (Å²) in [5.41, 5.74) is 2.05. The smallest absolute Gasteiger partial charge is 0.154 e. The van der Waals surface area contributed by atoms with Gasteiger partial charge in [-0.2, -0.15) is 5.10 Å². The minimum atomic E-state index is 0.00886. The third-order valence-electron chi connectivity index (χ3n) is 2.30. The largest absolute Gasteiger partial charge is 0.463 e. The van der Waals surface area contributed by atoms with Gasteiger partial charge in [0.1, 0.15) is 5.69 Å². The number of nitrogens with zero attached hydrogens (tertiary/aromatic N) is 2. The van der Waals surface area contributed by atoms with Crippen LogP contribution in [0.15, 0.2) is 28.9 Å². The van der Waals surface area contributed by atoms with Crippen LogP contribution in [0.3, 0.4) is 0 Å². The predicted octanol–water partition coefficient (Wildman–Crippen LogP) is 3.21. The van der Waals surface area contributed by atoms with E-state index < -0.39 is 0 Å². The summed E-state index contributed by atoms with van der Waals surface area (Å²) >= 11 is 0. The van der Waals surface area contributed by atoms with E-state index in [1.54, 1.807) is 6.26 Å². The number of aromatic nitrogens is 2. The number of rotatable bonds is 1. The fraction of sp³-hybridized carbons (Fsp3) is 0.417. The highest BCUT2D eigenvalue weighted by Crippen LogP contribution is 2.23. The first kappa shape index (κ1) is 10.0. The lowest BCUT2D eigenvalue weighted by atomic mass is 10.1. The Hall–Kier alpha value is -1.51. The molecule has 0 unspecified atom stereocenters. The maximum Gasteiger partial charge on any atom is 0.154 e. The van der Waals surface area contributed by atoms with Crippen LogP contribution in [-0.2, 0) is 5.54 Å². The Balaban J connectivity index is 2.47. The molecule has 80 valence electrons. The second kappa shape index (κ2) is 3.26. The van der Waals surface area contributed by atoms with Gasteiger partial charge >= 0.3 is 0 Å². The van der Waals surface area contributed by atoms with Gasteiger partial charge in [0, 0.05) is 5.69 Å². The number of hydrogen-bond donors (Lipinski definition) is 0. The summed E-state index contributed by atoms with van der Waals surface area (Å²) in [5, 5.41) is 4.55. The van der Waals surface area contributed by atoms with E-state index >= 15 is 0 Å². The summed E-state index contributed by atoms with van der Waals surface area (Å²) in [5.74, 6) is 0.820. The standard InChI is InChI=1S/C12H16N2O/c1-9-8-10(11-6-5-7-15-11)13-14(9)12(2,3)4/h5-8H,1-4H3. The Labute approximate surface area is 89.7 Å². The molecular formula is C12H16N2O. The normalized spacial score (nSPS) is 12.0. The van der Waals surface area contributed by atoms with Gasteiger partial charge in [-0.3, -0.25) is 4.68 Å². The number of furan rings is 1. The molecule has 2 aromatic rings. The third-order valence-corrected chi connectivity index (χ3v) is 2.30. The molecule has 3 nitrogen and oxygen atoms in total. The van der Waals surface area contributed by atoms with Gasteiger partial charge in [0.15, 0.2) is 5.76 Å². The SMILES string of the molecule is Cc1cc(-c2ccco2)nn1C(C)(C)C. The van der Waals surface area contributed by atoms with Crippen molar-refractivity contribution in [3.05, 3.63) is 30.2 Å². The molecule has 0 amide bonds. The maximum absolute atomic E-state index is 5.32. The molecule has 0 aliphatic heterocycles. The highest BCUT2D eigenvalue weighted by molar-refractivity contribution is 5.52. The second-order valence-corrected chi connectivity index (χ2v) is 4.73. The summed E-state index contributed by atoms with van der Waals surface area (Å²) in [7, 11) is 0. The molecule has 0 aromatic carbocycles. The van der Waals surface area contributed by atoms with Crippen LogP contribution in [0.1, 0.15) is 26.5 Å². The summed E-state index contributed by atoms with van der Waals surface area (Å²) < 4.78 is 7.34. The predicted molar refractivity (Wildman–Crippen MR) is 59.7 cm³/mol. The van der Waals surface area contributed by atoms with Gasteiger partial charge in [-0.05, 0) is 45.9 Å². The van der Waals surface area contributed by atoms with Gasteiger partial charge in [-0.25, -0.2) is 0 Å². The van der Waals surface area contributed by atoms with Crippen LogP contribution in [0.25, 0.3) is 11.5 Å². The fourth-order valence-electron chi connectivity index (χ4n) is 1.70. The van der Waals surface area contributed by atoms with E-state index in [0.29, 0.717) is 0 Å². The van der Waals surface area contributed by atoms with E-state index in [9.17, 15) is 0 Å². The summed E-state index contributed by atoms with van der Waals surface area (Å²) in [4.78, 5) is 0. The van der Waals surface area contributed by atoms with Crippen molar-refractivity contribution < 1.29 is 4.42 Å². The Morgan fingerprint density at radius 3 is 2.53 bits per heavy atom. The first-order chi connectivity index (χ1) is 6.98. The molecule has 2 rings (SSSR count). The molecular weight excluding hydrogens is 188 g/mol. The van der Waals surface area contributed by atoms with Gasteiger partial charge in [0.2, 0.25) is 0 Å². The molecule has 0 aliphatic carbocycles. The van der Waals surface area contributed by atoms with Crippen molar-refractivity contribution in [2.45, 2.75) is 33.2 Å². The van der Waals surface area contributed by atoms with Gasteiger partial charge in [-0.1, -0.05) is 0 Å². The van der Waals surface area contributed by atoms with Crippen molar-refractivity contribution in [2.75, 3.05) is 0 Å². The second-order valence-electron chi connectivity index (χ2n) is 4.73. The Morgan fingerprint density at radius 2 is 2.07 bits per heavy atom. The topological polar surface area (TPSA) is 31.0 Å². The third kappa shape index (κ3) is 1.82. The Morgan fingerprint density at radius 1 is 1.33 bits per heavy atom. The van der Waals surface area contributed by atoms with Crippen LogP contribution in [0.4, 0.5) is 0 Å². The molecule has 0 fully saturated rings. The summed E-state index contributed by atoms with van der Waals surface area (Å²) in [6, 6.07) is 5.85. The van der Waals surface area contributed by atoms with Crippen LogP contribution in [0, 0.1) is 6.92 Å². The molecule has 3 heteroatoms. The van der Waals surface area contributed by atoms with Gasteiger partial charge in [0.05, 0.1) is 11.8 Å². The first-order valence-electron chi connectivity index (χ1n) is 5.09. The quantitative estimate of drug-likeness (QED) is 0.714. The molecule has 2 aromatic heterocycles. The molecule has 0 saturated heterocycles. The summed E-state index contributed by atoms with van der Waals surface area (Å²) in [6.07, 6.45) is 1.67. The van der Waals surface area contributed by atoms with E-state index in [2.05, 4.69) is 32.8 Å². The van der Waals surface area contributed by atoms with Crippen LogP contribution < -0.4 is 0 Å². The van der Waals surface area contributed by atoms with Crippen molar-refractivity contribution in [1.29, 1.82) is 0 Å². The summed E-state index contributed by atoms with van der Waals surface area (Å²) in [6.45, 7) is 8.47. The zero-order valence-electron chi connectivity index (χ0n) is 9.61. The minimum absolute atomic E-state index is 0.00886. The van der Waals surface area contributed by atoms with E-state index in [4.69, 9.17) is 4.42 Å². The van der Waals surface area contributed by atoms with Crippen LogP contribution in [0.5, 0.6) is 0 Å². The Bertz CT molecular complexity index is 446. The number of aryl methyl sites for hydroxylation is 1. The molecule has 0 spiro atoms. The Kier molecular flexibility index (Phi) is 2.18. The number of hydrogen-bond acceptors (Lipinski definition) is 2. The van der Waals surface area contributed by atoms with Crippen LogP contribution in [-0.4, -0.2) is 9.78 Å². The molecule has 0 saturated carbocycles. The lowest BCUT2D eigenvalue weighted by molar-refractivity contribution is 0.348. The molecule has 0 N–H and O–H groups in total. The van der Waals surface area contributed by atoms with Crippen LogP contribution >= 0.6 is 0 Å². The van der Waals surface area contributed by atoms with Crippen molar-refractivity contribution >= 4 is 0 Å². The van der Waals surface area contributed by atoms with Crippen molar-refractivity contribution in [1.82, 2.24) is 9.78 Å². The van der Waals surface area contributed by atoms with E-state index in [1.807, 2.05) is 22.9 Å². The van der Waals surface area contributed by atoms with Crippen molar-refractivity contribution in [3.8, 4) is 11.5 Å². The van der Waals surface area contributed by atoms with Gasteiger partial charge < -0.3 is 4.42 Å². The zero-order valence-corrected chi connectivity index (χ0v) is 9.61. The van der Waals surface area contributed by atoms with E-state index in [1.165, 1.54) is 0 Å². The monoisotopic (exact) mass is 204 g/mol. The molecule has 2 heterocycles. The lowest BCUT2D eigenvalue weighted by Crippen LogP contribution is -2.24. The average Bonchev–Trinajstić information content (AvgIpc) is 2.68. The molecule has 0 atom stereocenters. The lowest BCUT2D eigenvalue weighted by Gasteiger charge is -2.21. The molecule has 0 aliphatic rings. The average molecular weight is 204 g/mol. The van der Waals surface area contributed by atoms with E-state index in [0.717, 1.165) is 17.1 Å². The highest BCUT2D eigenvalue weighted by atomic mass is 16.3. The maximum atomic E-state index is 5.32. The molecule has 15 heavy (non-hydrogen) atoms. The fourth-order valence-corrected chi connectivity index (χ4v) is 1.70. The van der Waals surface area contributed by atoms with Gasteiger partial charge in [0.25, 0.3) is 0 Å². The minimum Gasteiger partial charge on any atom is -0.463 e.